The predicted molar refractivity (Wildman–Crippen MR) is 83.0 cm³/mol. The van der Waals surface area contributed by atoms with Crippen LogP contribution in [0.3, 0.4) is 0 Å². The molecule has 0 saturated heterocycles. The second kappa shape index (κ2) is 5.61. The van der Waals surface area contributed by atoms with Gasteiger partial charge in [0.2, 0.25) is 0 Å². The predicted octanol–water partition coefficient (Wildman–Crippen LogP) is 2.98. The fourth-order valence-corrected chi connectivity index (χ4v) is 3.30. The van der Waals surface area contributed by atoms with Gasteiger partial charge in [-0.15, -0.1) is 0 Å². The van der Waals surface area contributed by atoms with Crippen molar-refractivity contribution < 1.29 is 12.8 Å². The minimum Gasteiger partial charge on any atom is -0.396 e. The molecule has 1 aromatic carbocycles. The number of pyridine rings is 1. The molecule has 112 valence electrons. The summed E-state index contributed by atoms with van der Waals surface area (Å²) in [5, 5.41) is 0. The quantitative estimate of drug-likeness (QED) is 0.639. The van der Waals surface area contributed by atoms with Gasteiger partial charge in [0.05, 0.1) is 22.5 Å². The first-order valence-corrected chi connectivity index (χ1v) is 8.19. The number of aryl methyl sites for hydroxylation is 2. The topological polar surface area (TPSA) is 85.1 Å². The van der Waals surface area contributed by atoms with Crippen LogP contribution in [0.5, 0.6) is 0 Å². The number of nitrogens with zero attached hydrogens (tertiary/aromatic N) is 1. The zero-order valence-electron chi connectivity index (χ0n) is 11.3. The highest BCUT2D eigenvalue weighted by Crippen LogP contribution is 2.25. The van der Waals surface area contributed by atoms with E-state index in [9.17, 15) is 12.8 Å². The van der Waals surface area contributed by atoms with E-state index in [0.29, 0.717) is 10.3 Å². The lowest BCUT2D eigenvalue weighted by Gasteiger charge is -2.12. The van der Waals surface area contributed by atoms with Crippen LogP contribution in [0.25, 0.3) is 0 Å². The van der Waals surface area contributed by atoms with E-state index in [1.807, 2.05) is 0 Å². The van der Waals surface area contributed by atoms with Crippen LogP contribution in [0, 0.1) is 19.7 Å². The van der Waals surface area contributed by atoms with Crippen LogP contribution in [0.4, 0.5) is 15.8 Å². The van der Waals surface area contributed by atoms with Gasteiger partial charge in [-0.3, -0.25) is 4.72 Å². The molecule has 5 nitrogen and oxygen atoms in total. The maximum atomic E-state index is 13.3. The molecule has 0 aliphatic rings. The maximum Gasteiger partial charge on any atom is 0.262 e. The average molecular weight is 374 g/mol. The monoisotopic (exact) mass is 373 g/mol. The van der Waals surface area contributed by atoms with Gasteiger partial charge in [-0.25, -0.2) is 17.8 Å². The van der Waals surface area contributed by atoms with Crippen molar-refractivity contribution in [2.45, 2.75) is 18.7 Å². The molecule has 3 N–H and O–H groups in total. The van der Waals surface area contributed by atoms with Gasteiger partial charge < -0.3 is 5.73 Å². The highest BCUT2D eigenvalue weighted by Gasteiger charge is 2.19. The third-order valence-electron chi connectivity index (χ3n) is 2.85. The van der Waals surface area contributed by atoms with Gasteiger partial charge in [0, 0.05) is 0 Å². The molecule has 21 heavy (non-hydrogen) atoms. The third kappa shape index (κ3) is 3.33. The number of nitrogen functional groups attached to an aromatic ring is 1. The number of nitrogens with one attached hydrogen (secondary N) is 1. The van der Waals surface area contributed by atoms with Crippen LogP contribution in [0.1, 0.15) is 11.1 Å². The standard InChI is InChI=1S/C13H13BrFN3O2S/c1-7-4-10(15)11(16)5-12(7)21(19,20)18-9-3-8(2)13(14)17-6-9/h3-6,18H,16H2,1-2H3. The van der Waals surface area contributed by atoms with E-state index in [1.54, 1.807) is 13.0 Å². The van der Waals surface area contributed by atoms with Gasteiger partial charge in [-0.05, 0) is 59.1 Å². The Morgan fingerprint density at radius 2 is 1.90 bits per heavy atom. The molecule has 0 radical (unpaired) electrons. The van der Waals surface area contributed by atoms with Gasteiger partial charge in [0.1, 0.15) is 10.4 Å². The Balaban J connectivity index is 2.43. The van der Waals surface area contributed by atoms with Gasteiger partial charge in [-0.1, -0.05) is 0 Å². The van der Waals surface area contributed by atoms with Crippen molar-refractivity contribution in [3.8, 4) is 0 Å². The molecule has 0 bridgehead atoms. The number of halogens is 2. The van der Waals surface area contributed by atoms with Crippen molar-refractivity contribution >= 4 is 37.3 Å². The van der Waals surface area contributed by atoms with E-state index in [4.69, 9.17) is 5.73 Å². The summed E-state index contributed by atoms with van der Waals surface area (Å²) in [5.74, 6) is -0.646. The molecule has 0 unspecified atom stereocenters. The van der Waals surface area contributed by atoms with Crippen molar-refractivity contribution in [1.82, 2.24) is 4.98 Å². The molecule has 0 saturated carbocycles. The van der Waals surface area contributed by atoms with Gasteiger partial charge in [0.15, 0.2) is 0 Å². The number of hydrogen-bond acceptors (Lipinski definition) is 4. The van der Waals surface area contributed by atoms with Crippen LogP contribution in [-0.4, -0.2) is 13.4 Å². The highest BCUT2D eigenvalue weighted by atomic mass is 79.9. The molecule has 2 aromatic rings. The van der Waals surface area contributed by atoms with E-state index < -0.39 is 15.8 Å². The molecule has 0 spiro atoms. The van der Waals surface area contributed by atoms with E-state index in [2.05, 4.69) is 25.6 Å². The Labute approximate surface area is 130 Å². The lowest BCUT2D eigenvalue weighted by atomic mass is 10.2. The minimum atomic E-state index is -3.86. The summed E-state index contributed by atoms with van der Waals surface area (Å²) in [4.78, 5) is 3.95. The molecule has 0 fully saturated rings. The summed E-state index contributed by atoms with van der Waals surface area (Å²) >= 11 is 3.24. The summed E-state index contributed by atoms with van der Waals surface area (Å²) in [6.45, 7) is 3.29. The maximum absolute atomic E-state index is 13.3. The van der Waals surface area contributed by atoms with E-state index >= 15 is 0 Å². The van der Waals surface area contributed by atoms with E-state index in [1.165, 1.54) is 13.1 Å². The van der Waals surface area contributed by atoms with Gasteiger partial charge >= 0.3 is 0 Å². The first-order chi connectivity index (χ1) is 9.70. The molecule has 0 aliphatic carbocycles. The summed E-state index contributed by atoms with van der Waals surface area (Å²) in [7, 11) is -3.86. The largest absolute Gasteiger partial charge is 0.396 e. The number of nitrogens with two attached hydrogens (primary N) is 1. The van der Waals surface area contributed by atoms with E-state index in [0.717, 1.165) is 17.7 Å². The van der Waals surface area contributed by atoms with Crippen molar-refractivity contribution in [3.05, 3.63) is 45.9 Å². The smallest absolute Gasteiger partial charge is 0.262 e. The highest BCUT2D eigenvalue weighted by molar-refractivity contribution is 9.10. The Morgan fingerprint density at radius 1 is 1.24 bits per heavy atom. The Bertz CT molecular complexity index is 809. The molecule has 1 aromatic heterocycles. The van der Waals surface area contributed by atoms with Crippen LogP contribution in [-0.2, 0) is 10.0 Å². The summed E-state index contributed by atoms with van der Waals surface area (Å²) in [5.41, 5.74) is 6.60. The normalized spacial score (nSPS) is 11.4. The van der Waals surface area contributed by atoms with Crippen LogP contribution in [0.2, 0.25) is 0 Å². The number of aromatic nitrogens is 1. The molecule has 0 atom stereocenters. The Morgan fingerprint density at radius 3 is 2.52 bits per heavy atom. The lowest BCUT2D eigenvalue weighted by Crippen LogP contribution is -2.15. The van der Waals surface area contributed by atoms with Crippen LogP contribution in [0.15, 0.2) is 33.9 Å². The number of hydrogen-bond donors (Lipinski definition) is 2. The Kier molecular flexibility index (Phi) is 4.20. The summed E-state index contributed by atoms with van der Waals surface area (Å²) < 4.78 is 41.1. The van der Waals surface area contributed by atoms with Crippen molar-refractivity contribution in [2.24, 2.45) is 0 Å². The molecule has 1 heterocycles. The summed E-state index contributed by atoms with van der Waals surface area (Å²) in [6, 6.07) is 3.83. The fourth-order valence-electron chi connectivity index (χ4n) is 1.78. The van der Waals surface area contributed by atoms with Gasteiger partial charge in [-0.2, -0.15) is 0 Å². The second-order valence-corrected chi connectivity index (χ2v) is 6.98. The Hall–Kier alpha value is -1.67. The lowest BCUT2D eigenvalue weighted by molar-refractivity contribution is 0.599. The van der Waals surface area contributed by atoms with Crippen LogP contribution < -0.4 is 10.5 Å². The number of anilines is 2. The first kappa shape index (κ1) is 15.7. The van der Waals surface area contributed by atoms with Crippen molar-refractivity contribution in [1.29, 1.82) is 0 Å². The van der Waals surface area contributed by atoms with E-state index in [-0.39, 0.29) is 16.1 Å². The van der Waals surface area contributed by atoms with Crippen molar-refractivity contribution in [2.75, 3.05) is 10.5 Å². The fraction of sp³-hybridized carbons (Fsp3) is 0.154. The minimum absolute atomic E-state index is 0.0676. The zero-order valence-corrected chi connectivity index (χ0v) is 13.7. The SMILES string of the molecule is Cc1cc(F)c(N)cc1S(=O)(=O)Nc1cnc(Br)c(C)c1. The molecular formula is C13H13BrFN3O2S. The molecule has 2 rings (SSSR count). The zero-order chi connectivity index (χ0) is 15.8. The molecular weight excluding hydrogens is 361 g/mol. The summed E-state index contributed by atoms with van der Waals surface area (Å²) in [6.07, 6.45) is 1.39. The number of benzene rings is 1. The van der Waals surface area contributed by atoms with Gasteiger partial charge in [0.25, 0.3) is 10.0 Å². The molecule has 0 amide bonds. The molecule has 8 heteroatoms. The average Bonchev–Trinajstić information content (AvgIpc) is 2.37. The third-order valence-corrected chi connectivity index (χ3v) is 5.20. The van der Waals surface area contributed by atoms with Crippen molar-refractivity contribution in [3.63, 3.8) is 0 Å². The molecule has 0 aliphatic heterocycles. The second-order valence-electron chi connectivity index (χ2n) is 4.58. The first-order valence-electron chi connectivity index (χ1n) is 5.91. The van der Waals surface area contributed by atoms with Crippen LogP contribution >= 0.6 is 15.9 Å². The number of sulfonamides is 1. The number of rotatable bonds is 3.